The van der Waals surface area contributed by atoms with Crippen LogP contribution in [0.1, 0.15) is 0 Å². The number of hydrogen-bond donors (Lipinski definition) is 0. The summed E-state index contributed by atoms with van der Waals surface area (Å²) < 4.78 is 3.97. The van der Waals surface area contributed by atoms with E-state index in [4.69, 9.17) is 0 Å². The van der Waals surface area contributed by atoms with Crippen LogP contribution >= 0.6 is 12.0 Å². The largest absolute Gasteiger partial charge is 0.401 e. The molecule has 3 nitrogen and oxygen atoms in total. The minimum atomic E-state index is -0.736. The maximum atomic E-state index is 9.72. The van der Waals surface area contributed by atoms with Crippen molar-refractivity contribution in [1.29, 1.82) is 0 Å². The average molecular weight is 104 g/mol. The van der Waals surface area contributed by atoms with E-state index in [9.17, 15) is 9.59 Å². The molecule has 1 saturated heterocycles. The van der Waals surface area contributed by atoms with E-state index in [-0.39, 0.29) is 0 Å². The summed E-state index contributed by atoms with van der Waals surface area (Å²) in [6.45, 7) is 0. The molecule has 0 N–H and O–H groups in total. The molecule has 6 heavy (non-hydrogen) atoms. The summed E-state index contributed by atoms with van der Waals surface area (Å²) in [5, 5.41) is -0.505. The van der Waals surface area contributed by atoms with Gasteiger partial charge in [-0.3, -0.25) is 4.79 Å². The fourth-order valence-corrected chi connectivity index (χ4v) is 0.329. The molecule has 0 spiro atoms. The second kappa shape index (κ2) is 0.975. The smallest absolute Gasteiger partial charge is 0.376 e. The monoisotopic (exact) mass is 104 g/mol. The van der Waals surface area contributed by atoms with Crippen LogP contribution in [0.2, 0.25) is 0 Å². The molecule has 0 unspecified atom stereocenters. The molecule has 0 radical (unpaired) electrons. The van der Waals surface area contributed by atoms with Gasteiger partial charge in [-0.25, -0.2) is 4.79 Å². The minimum Gasteiger partial charge on any atom is -0.376 e. The highest BCUT2D eigenvalue weighted by Crippen LogP contribution is 2.16. The minimum absolute atomic E-state index is 0.505. The maximum Gasteiger partial charge on any atom is 0.401 e. The Morgan fingerprint density at radius 1 is 1.50 bits per heavy atom. The van der Waals surface area contributed by atoms with E-state index in [0.29, 0.717) is 12.0 Å². The molecule has 0 aromatic rings. The number of carbonyl (C=O) groups excluding carboxylic acids is 2. The molecule has 1 fully saturated rings. The normalized spacial score (nSPS) is 19.3. The zero-order chi connectivity index (χ0) is 4.57. The molecule has 0 atom stereocenters. The van der Waals surface area contributed by atoms with E-state index >= 15 is 0 Å². The number of carbonyl (C=O) groups is 2. The first-order chi connectivity index (χ1) is 2.80. The SMILES string of the molecule is O=C1OSC1=O. The molecule has 0 saturated carbocycles. The van der Waals surface area contributed by atoms with Gasteiger partial charge in [-0.15, -0.1) is 0 Å². The van der Waals surface area contributed by atoms with Crippen LogP contribution in [0.15, 0.2) is 0 Å². The molecule has 1 rings (SSSR count). The zero-order valence-corrected chi connectivity index (χ0v) is 3.45. The maximum absolute atomic E-state index is 9.72. The van der Waals surface area contributed by atoms with Crippen LogP contribution in [0.3, 0.4) is 0 Å². The Kier molecular flexibility index (Phi) is 0.597. The Bertz CT molecular complexity index is 93.4. The van der Waals surface area contributed by atoms with Crippen LogP contribution in [-0.2, 0) is 13.8 Å². The highest BCUT2D eigenvalue weighted by Gasteiger charge is 2.29. The van der Waals surface area contributed by atoms with Crippen LogP contribution in [0.5, 0.6) is 0 Å². The zero-order valence-electron chi connectivity index (χ0n) is 2.63. The summed E-state index contributed by atoms with van der Waals surface area (Å²) in [6, 6.07) is 0. The van der Waals surface area contributed by atoms with Gasteiger partial charge < -0.3 is 4.18 Å². The summed E-state index contributed by atoms with van der Waals surface area (Å²) in [6.07, 6.45) is 0. The Balaban J connectivity index is 2.61. The summed E-state index contributed by atoms with van der Waals surface area (Å²) in [4.78, 5) is 19.4. The number of hydrogen-bond acceptors (Lipinski definition) is 4. The van der Waals surface area contributed by atoms with Gasteiger partial charge in [0.2, 0.25) is 0 Å². The van der Waals surface area contributed by atoms with Crippen LogP contribution in [0, 0.1) is 0 Å². The van der Waals surface area contributed by atoms with Crippen molar-refractivity contribution in [2.24, 2.45) is 0 Å². The van der Waals surface area contributed by atoms with Crippen molar-refractivity contribution in [3.8, 4) is 0 Å². The molecule has 4 heteroatoms. The van der Waals surface area contributed by atoms with Crippen molar-refractivity contribution >= 4 is 23.1 Å². The molecular formula is C2O3S. The van der Waals surface area contributed by atoms with Crippen LogP contribution in [0.25, 0.3) is 0 Å². The molecule has 0 bridgehead atoms. The summed E-state index contributed by atoms with van der Waals surface area (Å²) in [5.41, 5.74) is 0. The fraction of sp³-hybridized carbons (Fsp3) is 0. The van der Waals surface area contributed by atoms with Gasteiger partial charge >= 0.3 is 11.1 Å². The highest BCUT2D eigenvalue weighted by atomic mass is 32.2. The summed E-state index contributed by atoms with van der Waals surface area (Å²) >= 11 is 0.580. The standard InChI is InChI=1S/C2O3S/c3-1-2(4)6-5-1. The number of rotatable bonds is 0. The molecular weight excluding hydrogens is 104 g/mol. The van der Waals surface area contributed by atoms with Crippen molar-refractivity contribution < 1.29 is 13.8 Å². The van der Waals surface area contributed by atoms with Crippen molar-refractivity contribution in [1.82, 2.24) is 0 Å². The van der Waals surface area contributed by atoms with E-state index in [0.717, 1.165) is 0 Å². The van der Waals surface area contributed by atoms with Crippen LogP contribution in [-0.4, -0.2) is 11.1 Å². The first-order valence-corrected chi connectivity index (χ1v) is 1.97. The van der Waals surface area contributed by atoms with Crippen molar-refractivity contribution in [3.63, 3.8) is 0 Å². The molecule has 0 aliphatic carbocycles. The Morgan fingerprint density at radius 2 is 2.00 bits per heavy atom. The van der Waals surface area contributed by atoms with Crippen LogP contribution in [0.4, 0.5) is 0 Å². The molecule has 1 heterocycles. The van der Waals surface area contributed by atoms with E-state index in [1.54, 1.807) is 0 Å². The van der Waals surface area contributed by atoms with Gasteiger partial charge in [0, 0.05) is 0 Å². The Morgan fingerprint density at radius 3 is 2.00 bits per heavy atom. The van der Waals surface area contributed by atoms with Gasteiger partial charge in [-0.1, -0.05) is 0 Å². The van der Waals surface area contributed by atoms with Gasteiger partial charge in [-0.05, 0) is 0 Å². The third-order valence-electron chi connectivity index (χ3n) is 0.360. The first-order valence-electron chi connectivity index (χ1n) is 1.23. The van der Waals surface area contributed by atoms with Gasteiger partial charge in [0.15, 0.2) is 0 Å². The molecule has 32 valence electrons. The molecule has 0 aromatic carbocycles. The van der Waals surface area contributed by atoms with E-state index < -0.39 is 11.1 Å². The molecule has 0 aromatic heterocycles. The second-order valence-electron chi connectivity index (χ2n) is 0.742. The van der Waals surface area contributed by atoms with Gasteiger partial charge in [-0.2, -0.15) is 0 Å². The Labute approximate surface area is 37.9 Å². The third kappa shape index (κ3) is 0.300. The summed E-state index contributed by atoms with van der Waals surface area (Å²) in [7, 11) is 0. The third-order valence-corrected chi connectivity index (χ3v) is 0.912. The van der Waals surface area contributed by atoms with E-state index in [2.05, 4.69) is 4.18 Å². The lowest BCUT2D eigenvalue weighted by Crippen LogP contribution is -2.21. The highest BCUT2D eigenvalue weighted by molar-refractivity contribution is 8.14. The van der Waals surface area contributed by atoms with Crippen molar-refractivity contribution in [3.05, 3.63) is 0 Å². The second-order valence-corrected chi connectivity index (χ2v) is 1.45. The molecule has 1 aliphatic rings. The molecule has 0 amide bonds. The topological polar surface area (TPSA) is 43.4 Å². The Hall–Kier alpha value is -0.510. The summed E-state index contributed by atoms with van der Waals surface area (Å²) in [5.74, 6) is -0.736. The predicted octanol–water partition coefficient (Wildman–Crippen LogP) is -0.282. The van der Waals surface area contributed by atoms with Gasteiger partial charge in [0.25, 0.3) is 0 Å². The first kappa shape index (κ1) is 3.67. The van der Waals surface area contributed by atoms with E-state index in [1.165, 1.54) is 0 Å². The quantitative estimate of drug-likeness (QED) is 0.313. The van der Waals surface area contributed by atoms with E-state index in [1.807, 2.05) is 0 Å². The molecule has 1 aliphatic heterocycles. The lowest BCUT2D eigenvalue weighted by molar-refractivity contribution is -0.146. The van der Waals surface area contributed by atoms with Gasteiger partial charge in [0.1, 0.15) is 12.0 Å². The fourth-order valence-electron chi connectivity index (χ4n) is 0.110. The van der Waals surface area contributed by atoms with Crippen molar-refractivity contribution in [2.75, 3.05) is 0 Å². The predicted molar refractivity (Wildman–Crippen MR) is 18.7 cm³/mol. The lowest BCUT2D eigenvalue weighted by atomic mass is 10.8. The average Bonchev–Trinajstić information content (AvgIpc) is 1.61. The van der Waals surface area contributed by atoms with Gasteiger partial charge in [0.05, 0.1) is 0 Å². The van der Waals surface area contributed by atoms with Crippen molar-refractivity contribution in [2.45, 2.75) is 0 Å². The van der Waals surface area contributed by atoms with Crippen LogP contribution < -0.4 is 0 Å². The lowest BCUT2D eigenvalue weighted by Gasteiger charge is -2.03.